The van der Waals surface area contributed by atoms with Crippen molar-refractivity contribution in [3.05, 3.63) is 114 Å². The molecule has 160 valence electrons. The Morgan fingerprint density at radius 1 is 0.806 bits per heavy atom. The lowest BCUT2D eigenvalue weighted by molar-refractivity contribution is 0.581. The van der Waals surface area contributed by atoms with E-state index in [2.05, 4.69) is 13.2 Å². The monoisotopic (exact) mass is 416 g/mol. The highest BCUT2D eigenvalue weighted by Gasteiger charge is 2.15. The van der Waals surface area contributed by atoms with Gasteiger partial charge in [-0.3, -0.25) is 0 Å². The molecule has 0 atom stereocenters. The van der Waals surface area contributed by atoms with E-state index in [1.54, 1.807) is 32.1 Å². The molecule has 0 unspecified atom stereocenters. The molecule has 31 heavy (non-hydrogen) atoms. The van der Waals surface area contributed by atoms with Gasteiger partial charge >= 0.3 is 0 Å². The van der Waals surface area contributed by atoms with E-state index in [0.29, 0.717) is 16.7 Å². The first-order valence-electron chi connectivity index (χ1n) is 10.2. The first-order valence-corrected chi connectivity index (χ1v) is 10.2. The molecule has 0 aliphatic heterocycles. The van der Waals surface area contributed by atoms with Gasteiger partial charge in [0.15, 0.2) is 0 Å². The largest absolute Gasteiger partial charge is 0.206 e. The zero-order valence-corrected chi connectivity index (χ0v) is 19.0. The van der Waals surface area contributed by atoms with Gasteiger partial charge in [0.1, 0.15) is 11.6 Å². The van der Waals surface area contributed by atoms with E-state index in [1.807, 2.05) is 63.2 Å². The molecule has 0 saturated carbocycles. The van der Waals surface area contributed by atoms with Crippen LogP contribution in [0.3, 0.4) is 0 Å². The predicted molar refractivity (Wildman–Crippen MR) is 131 cm³/mol. The number of hydrogen-bond acceptors (Lipinski definition) is 0. The van der Waals surface area contributed by atoms with Crippen LogP contribution in [0.25, 0.3) is 27.8 Å². The lowest BCUT2D eigenvalue weighted by Gasteiger charge is -2.11. The Bertz CT molecular complexity index is 1090. The third-order valence-electron chi connectivity index (χ3n) is 5.06. The van der Waals surface area contributed by atoms with Gasteiger partial charge in [0.05, 0.1) is 5.56 Å². The number of halogens is 2. The maximum atomic E-state index is 14.5. The molecular weight excluding hydrogens is 386 g/mol. The number of rotatable bonds is 4. The maximum absolute atomic E-state index is 14.5. The van der Waals surface area contributed by atoms with Gasteiger partial charge in [0.25, 0.3) is 0 Å². The molecule has 2 heteroatoms. The Morgan fingerprint density at radius 3 is 1.71 bits per heavy atom. The second-order valence-corrected chi connectivity index (χ2v) is 7.90. The summed E-state index contributed by atoms with van der Waals surface area (Å²) in [6, 6.07) is 16.8. The van der Waals surface area contributed by atoms with Crippen molar-refractivity contribution in [1.29, 1.82) is 0 Å². The van der Waals surface area contributed by atoms with E-state index in [9.17, 15) is 8.78 Å². The lowest BCUT2D eigenvalue weighted by atomic mass is 9.96. The van der Waals surface area contributed by atoms with Gasteiger partial charge in [-0.25, -0.2) is 8.78 Å². The Hall–Kier alpha value is -3.26. The summed E-state index contributed by atoms with van der Waals surface area (Å²) in [5, 5.41) is 0. The van der Waals surface area contributed by atoms with Crippen LogP contribution in [0, 0.1) is 25.5 Å². The number of allylic oxidation sites excluding steroid dienone is 4. The molecule has 0 aliphatic rings. The van der Waals surface area contributed by atoms with Crippen molar-refractivity contribution in [2.75, 3.05) is 0 Å². The van der Waals surface area contributed by atoms with Gasteiger partial charge in [0, 0.05) is 0 Å². The minimum Gasteiger partial charge on any atom is -0.206 e. The van der Waals surface area contributed by atoms with E-state index < -0.39 is 11.6 Å². The highest BCUT2D eigenvalue weighted by Crippen LogP contribution is 2.31. The molecule has 0 amide bonds. The molecule has 0 heterocycles. The quantitative estimate of drug-likeness (QED) is 0.372. The summed E-state index contributed by atoms with van der Waals surface area (Å²) in [4.78, 5) is 0. The number of hydrogen-bond donors (Lipinski definition) is 0. The van der Waals surface area contributed by atoms with Crippen molar-refractivity contribution in [3.8, 4) is 22.3 Å². The summed E-state index contributed by atoms with van der Waals surface area (Å²) in [5.41, 5.74) is 7.14. The highest BCUT2D eigenvalue weighted by atomic mass is 19.1. The van der Waals surface area contributed by atoms with Crippen molar-refractivity contribution in [2.45, 2.75) is 34.6 Å². The maximum Gasteiger partial charge on any atom is 0.137 e. The fraction of sp³-hybridized carbons (Fsp3) is 0.172. The lowest BCUT2D eigenvalue weighted by Crippen LogP contribution is -1.96. The summed E-state index contributed by atoms with van der Waals surface area (Å²) in [6.45, 7) is 16.9. The van der Waals surface area contributed by atoms with Gasteiger partial charge < -0.3 is 0 Å². The van der Waals surface area contributed by atoms with Gasteiger partial charge in [-0.15, -0.1) is 0 Å². The summed E-state index contributed by atoms with van der Waals surface area (Å²) in [5.74, 6) is -1.02. The molecule has 0 spiro atoms. The molecular formula is C29H30F2. The third-order valence-corrected chi connectivity index (χ3v) is 5.06. The fourth-order valence-electron chi connectivity index (χ4n) is 3.11. The first-order chi connectivity index (χ1) is 14.6. The van der Waals surface area contributed by atoms with Crippen molar-refractivity contribution >= 4 is 5.57 Å². The molecule has 0 aliphatic carbocycles. The Balaban J connectivity index is 0.000000501. The zero-order valence-electron chi connectivity index (χ0n) is 19.0. The first kappa shape index (κ1) is 24.0. The smallest absolute Gasteiger partial charge is 0.137 e. The van der Waals surface area contributed by atoms with Crippen LogP contribution in [0.1, 0.15) is 37.5 Å². The van der Waals surface area contributed by atoms with E-state index in [-0.39, 0.29) is 5.56 Å². The Morgan fingerprint density at radius 2 is 1.29 bits per heavy atom. The van der Waals surface area contributed by atoms with Gasteiger partial charge in [-0.05, 0) is 74.1 Å². The minimum atomic E-state index is -0.529. The predicted octanol–water partition coefficient (Wildman–Crippen LogP) is 9.09. The number of benzene rings is 3. The Labute approximate surface area is 185 Å². The SMILES string of the molecule is C=C(C)c1ccc(-c2ccc(-c3c(F)cc(C)c(C)c3F)cc2)cc1.C=CC=C(C)C. The molecule has 0 saturated heterocycles. The molecule has 3 rings (SSSR count). The highest BCUT2D eigenvalue weighted by molar-refractivity contribution is 5.73. The second kappa shape index (κ2) is 10.7. The molecule has 0 radical (unpaired) electrons. The standard InChI is InChI=1S/C23H20F2.C6H10/c1-14(2)17-5-7-18(8-6-17)19-9-11-20(12-10-19)22-21(24)13-15(3)16(4)23(22)25;1-4-5-6(2)3/h5-13H,1H2,2-4H3;4-5H,1H2,2-3H3. The normalized spacial score (nSPS) is 10.0. The average Bonchev–Trinajstić information content (AvgIpc) is 2.73. The average molecular weight is 417 g/mol. The number of aryl methyl sites for hydroxylation is 1. The van der Waals surface area contributed by atoms with Crippen LogP contribution in [-0.4, -0.2) is 0 Å². The van der Waals surface area contributed by atoms with Crippen LogP contribution in [0.4, 0.5) is 8.78 Å². The van der Waals surface area contributed by atoms with E-state index in [1.165, 1.54) is 11.6 Å². The molecule has 0 nitrogen and oxygen atoms in total. The summed E-state index contributed by atoms with van der Waals surface area (Å²) in [6.07, 6.45) is 3.76. The Kier molecular flexibility index (Phi) is 8.27. The van der Waals surface area contributed by atoms with Crippen LogP contribution >= 0.6 is 0 Å². The van der Waals surface area contributed by atoms with Crippen LogP contribution in [0.2, 0.25) is 0 Å². The van der Waals surface area contributed by atoms with Crippen molar-refractivity contribution in [3.63, 3.8) is 0 Å². The van der Waals surface area contributed by atoms with Crippen LogP contribution < -0.4 is 0 Å². The van der Waals surface area contributed by atoms with Gasteiger partial charge in [-0.2, -0.15) is 0 Å². The topological polar surface area (TPSA) is 0 Å². The third kappa shape index (κ3) is 6.11. The molecule has 3 aromatic carbocycles. The molecule has 0 aromatic heterocycles. The van der Waals surface area contributed by atoms with Crippen LogP contribution in [-0.2, 0) is 0 Å². The van der Waals surface area contributed by atoms with E-state index in [0.717, 1.165) is 22.3 Å². The van der Waals surface area contributed by atoms with Gasteiger partial charge in [0.2, 0.25) is 0 Å². The van der Waals surface area contributed by atoms with E-state index >= 15 is 0 Å². The molecule has 0 fully saturated rings. The van der Waals surface area contributed by atoms with Crippen molar-refractivity contribution in [1.82, 2.24) is 0 Å². The zero-order chi connectivity index (χ0) is 23.1. The fourth-order valence-corrected chi connectivity index (χ4v) is 3.11. The van der Waals surface area contributed by atoms with Crippen LogP contribution in [0.15, 0.2) is 85.5 Å². The second-order valence-electron chi connectivity index (χ2n) is 7.90. The summed E-state index contributed by atoms with van der Waals surface area (Å²) in [7, 11) is 0. The van der Waals surface area contributed by atoms with Crippen LogP contribution in [0.5, 0.6) is 0 Å². The van der Waals surface area contributed by atoms with Crippen molar-refractivity contribution < 1.29 is 8.78 Å². The summed E-state index contributed by atoms with van der Waals surface area (Å²) >= 11 is 0. The molecule has 0 N–H and O–H groups in total. The van der Waals surface area contributed by atoms with Crippen molar-refractivity contribution in [2.24, 2.45) is 0 Å². The molecule has 3 aromatic rings. The molecule has 0 bridgehead atoms. The summed E-state index contributed by atoms with van der Waals surface area (Å²) < 4.78 is 28.8. The van der Waals surface area contributed by atoms with Gasteiger partial charge in [-0.1, -0.05) is 85.0 Å². The minimum absolute atomic E-state index is 0.0345. The van der Waals surface area contributed by atoms with E-state index in [4.69, 9.17) is 0 Å².